The maximum atomic E-state index is 12.0. The number of hydrogen-bond acceptors (Lipinski definition) is 2. The Balaban J connectivity index is 2.41. The van der Waals surface area contributed by atoms with Gasteiger partial charge in [-0.15, -0.1) is 0 Å². The SMILES string of the molecule is CC(C)NCC(CCOCC(F)(F)F)Cc1ccccc1. The lowest BCUT2D eigenvalue weighted by Crippen LogP contribution is -2.31. The summed E-state index contributed by atoms with van der Waals surface area (Å²) in [4.78, 5) is 0. The summed E-state index contributed by atoms with van der Waals surface area (Å²) in [7, 11) is 0. The molecule has 21 heavy (non-hydrogen) atoms. The number of alkyl halides is 3. The van der Waals surface area contributed by atoms with E-state index in [-0.39, 0.29) is 12.5 Å². The molecule has 1 aromatic carbocycles. The quantitative estimate of drug-likeness (QED) is 0.700. The van der Waals surface area contributed by atoms with Crippen LogP contribution in [0.4, 0.5) is 13.2 Å². The molecule has 1 N–H and O–H groups in total. The second-order valence-electron chi connectivity index (χ2n) is 5.58. The average Bonchev–Trinajstić information content (AvgIpc) is 2.40. The molecule has 2 nitrogen and oxygen atoms in total. The van der Waals surface area contributed by atoms with Gasteiger partial charge in [-0.1, -0.05) is 44.2 Å². The van der Waals surface area contributed by atoms with Crippen LogP contribution in [-0.4, -0.2) is 32.0 Å². The van der Waals surface area contributed by atoms with Gasteiger partial charge in [0.25, 0.3) is 0 Å². The van der Waals surface area contributed by atoms with Crippen molar-refractivity contribution in [2.45, 2.75) is 38.9 Å². The second kappa shape index (κ2) is 9.05. The summed E-state index contributed by atoms with van der Waals surface area (Å²) in [5.74, 6) is 0.267. The van der Waals surface area contributed by atoms with E-state index < -0.39 is 12.8 Å². The molecular weight excluding hydrogens is 279 g/mol. The molecule has 0 aliphatic carbocycles. The molecule has 0 spiro atoms. The van der Waals surface area contributed by atoms with Gasteiger partial charge < -0.3 is 10.1 Å². The molecule has 0 aromatic heterocycles. The van der Waals surface area contributed by atoms with Crippen molar-refractivity contribution in [2.24, 2.45) is 5.92 Å². The number of ether oxygens (including phenoxy) is 1. The minimum Gasteiger partial charge on any atom is -0.372 e. The number of rotatable bonds is 9. The maximum Gasteiger partial charge on any atom is 0.411 e. The van der Waals surface area contributed by atoms with Crippen LogP contribution in [0.3, 0.4) is 0 Å². The standard InChI is InChI=1S/C16H24F3NO/c1-13(2)20-11-15(8-9-21-12-16(17,18)19)10-14-6-4-3-5-7-14/h3-7,13,15,20H,8-12H2,1-2H3. The molecule has 0 bridgehead atoms. The van der Waals surface area contributed by atoms with Crippen molar-refractivity contribution in [3.63, 3.8) is 0 Å². The van der Waals surface area contributed by atoms with Crippen LogP contribution >= 0.6 is 0 Å². The maximum absolute atomic E-state index is 12.0. The van der Waals surface area contributed by atoms with Gasteiger partial charge in [-0.05, 0) is 30.9 Å². The first-order valence-electron chi connectivity index (χ1n) is 7.28. The highest BCUT2D eigenvalue weighted by molar-refractivity contribution is 5.15. The number of benzene rings is 1. The fraction of sp³-hybridized carbons (Fsp3) is 0.625. The number of nitrogens with one attached hydrogen (secondary N) is 1. The minimum absolute atomic E-state index is 0.136. The van der Waals surface area contributed by atoms with Crippen LogP contribution in [0.5, 0.6) is 0 Å². The molecule has 1 rings (SSSR count). The largest absolute Gasteiger partial charge is 0.411 e. The van der Waals surface area contributed by atoms with E-state index in [4.69, 9.17) is 4.74 Å². The molecule has 0 heterocycles. The monoisotopic (exact) mass is 303 g/mol. The normalized spacial score (nSPS) is 13.6. The zero-order chi connectivity index (χ0) is 15.7. The van der Waals surface area contributed by atoms with E-state index in [1.54, 1.807) is 0 Å². The predicted molar refractivity (Wildman–Crippen MR) is 78.3 cm³/mol. The molecule has 0 amide bonds. The molecule has 0 aliphatic rings. The van der Waals surface area contributed by atoms with Gasteiger partial charge in [-0.2, -0.15) is 13.2 Å². The molecule has 0 saturated heterocycles. The Morgan fingerprint density at radius 2 is 1.81 bits per heavy atom. The summed E-state index contributed by atoms with van der Waals surface area (Å²) in [5, 5.41) is 3.35. The zero-order valence-corrected chi connectivity index (χ0v) is 12.6. The van der Waals surface area contributed by atoms with Crippen LogP contribution < -0.4 is 5.32 Å². The van der Waals surface area contributed by atoms with Crippen LogP contribution in [0.15, 0.2) is 30.3 Å². The molecule has 0 radical (unpaired) electrons. The molecule has 5 heteroatoms. The predicted octanol–water partition coefficient (Wildman–Crippen LogP) is 3.81. The van der Waals surface area contributed by atoms with Gasteiger partial charge in [-0.25, -0.2) is 0 Å². The first-order valence-corrected chi connectivity index (χ1v) is 7.28. The molecule has 0 saturated carbocycles. The average molecular weight is 303 g/mol. The van der Waals surface area contributed by atoms with Gasteiger partial charge in [0.2, 0.25) is 0 Å². The van der Waals surface area contributed by atoms with Crippen molar-refractivity contribution < 1.29 is 17.9 Å². The van der Waals surface area contributed by atoms with Crippen molar-refractivity contribution in [3.8, 4) is 0 Å². The van der Waals surface area contributed by atoms with Crippen molar-refractivity contribution in [2.75, 3.05) is 19.8 Å². The van der Waals surface area contributed by atoms with Crippen LogP contribution in [-0.2, 0) is 11.2 Å². The van der Waals surface area contributed by atoms with Crippen LogP contribution in [0.1, 0.15) is 25.8 Å². The Bertz CT molecular complexity index is 379. The van der Waals surface area contributed by atoms with Gasteiger partial charge in [0.15, 0.2) is 0 Å². The Labute approximate surface area is 124 Å². The molecule has 1 aromatic rings. The molecule has 0 fully saturated rings. The summed E-state index contributed by atoms with van der Waals surface area (Å²) in [6.45, 7) is 3.86. The first kappa shape index (κ1) is 18.0. The fourth-order valence-electron chi connectivity index (χ4n) is 2.06. The van der Waals surface area contributed by atoms with Gasteiger partial charge in [0.05, 0.1) is 0 Å². The third-order valence-corrected chi connectivity index (χ3v) is 3.12. The summed E-state index contributed by atoms with van der Waals surface area (Å²) in [6.07, 6.45) is -2.79. The Hall–Kier alpha value is -1.07. The molecule has 1 unspecified atom stereocenters. The van der Waals surface area contributed by atoms with Crippen LogP contribution in [0.25, 0.3) is 0 Å². The van der Waals surface area contributed by atoms with Crippen LogP contribution in [0, 0.1) is 5.92 Å². The van der Waals surface area contributed by atoms with Crippen molar-refractivity contribution >= 4 is 0 Å². The second-order valence-corrected chi connectivity index (χ2v) is 5.58. The van der Waals surface area contributed by atoms with E-state index in [0.717, 1.165) is 13.0 Å². The highest BCUT2D eigenvalue weighted by atomic mass is 19.4. The zero-order valence-electron chi connectivity index (χ0n) is 12.6. The van der Waals surface area contributed by atoms with Gasteiger partial charge in [0, 0.05) is 12.6 Å². The van der Waals surface area contributed by atoms with Crippen molar-refractivity contribution in [3.05, 3.63) is 35.9 Å². The summed E-state index contributed by atoms with van der Waals surface area (Å²) < 4.78 is 40.9. The van der Waals surface area contributed by atoms with Gasteiger partial charge in [-0.3, -0.25) is 0 Å². The number of hydrogen-bond donors (Lipinski definition) is 1. The van der Waals surface area contributed by atoms with E-state index >= 15 is 0 Å². The van der Waals surface area contributed by atoms with E-state index in [1.807, 2.05) is 30.3 Å². The lowest BCUT2D eigenvalue weighted by atomic mass is 9.96. The van der Waals surface area contributed by atoms with Crippen LogP contribution in [0.2, 0.25) is 0 Å². The van der Waals surface area contributed by atoms with E-state index in [9.17, 15) is 13.2 Å². The molecular formula is C16H24F3NO. The summed E-state index contributed by atoms with van der Waals surface area (Å²) in [6, 6.07) is 10.3. The minimum atomic E-state index is -4.24. The molecule has 120 valence electrons. The Morgan fingerprint density at radius 3 is 2.38 bits per heavy atom. The van der Waals surface area contributed by atoms with E-state index in [0.29, 0.717) is 12.5 Å². The van der Waals surface area contributed by atoms with E-state index in [1.165, 1.54) is 5.56 Å². The van der Waals surface area contributed by atoms with Gasteiger partial charge in [0.1, 0.15) is 6.61 Å². The fourth-order valence-corrected chi connectivity index (χ4v) is 2.06. The summed E-state index contributed by atoms with van der Waals surface area (Å²) in [5.41, 5.74) is 1.20. The highest BCUT2D eigenvalue weighted by Crippen LogP contribution is 2.16. The third-order valence-electron chi connectivity index (χ3n) is 3.12. The highest BCUT2D eigenvalue weighted by Gasteiger charge is 2.27. The smallest absolute Gasteiger partial charge is 0.372 e. The third kappa shape index (κ3) is 9.47. The first-order chi connectivity index (χ1) is 9.87. The lowest BCUT2D eigenvalue weighted by Gasteiger charge is -2.19. The number of halogens is 3. The Morgan fingerprint density at radius 1 is 1.14 bits per heavy atom. The molecule has 0 aliphatic heterocycles. The summed E-state index contributed by atoms with van der Waals surface area (Å²) >= 11 is 0. The lowest BCUT2D eigenvalue weighted by molar-refractivity contribution is -0.174. The van der Waals surface area contributed by atoms with Crippen molar-refractivity contribution in [1.82, 2.24) is 5.32 Å². The molecule has 1 atom stereocenters. The Kier molecular flexibility index (Phi) is 7.75. The van der Waals surface area contributed by atoms with E-state index in [2.05, 4.69) is 19.2 Å². The van der Waals surface area contributed by atoms with Crippen molar-refractivity contribution in [1.29, 1.82) is 0 Å². The topological polar surface area (TPSA) is 21.3 Å². The van der Waals surface area contributed by atoms with Gasteiger partial charge >= 0.3 is 6.18 Å².